The fourth-order valence-corrected chi connectivity index (χ4v) is 1.06. The molecule has 0 aliphatic carbocycles. The minimum absolute atomic E-state index is 0.0670. The number of carbonyl (C=O) groups is 1. The Morgan fingerprint density at radius 1 is 1.43 bits per heavy atom. The van der Waals surface area contributed by atoms with Gasteiger partial charge in [-0.25, -0.2) is 8.78 Å². The lowest BCUT2D eigenvalue weighted by Gasteiger charge is -2.04. The van der Waals surface area contributed by atoms with E-state index in [2.05, 4.69) is 5.32 Å². The van der Waals surface area contributed by atoms with Crippen LogP contribution in [0.25, 0.3) is 0 Å². The molecule has 2 nitrogen and oxygen atoms in total. The summed E-state index contributed by atoms with van der Waals surface area (Å²) in [5, 5.41) is 2.21. The second-order valence-corrected chi connectivity index (χ2v) is 2.99. The van der Waals surface area contributed by atoms with E-state index in [1.54, 1.807) is 0 Å². The van der Waals surface area contributed by atoms with Gasteiger partial charge in [0.15, 0.2) is 0 Å². The summed E-state index contributed by atoms with van der Waals surface area (Å²) in [5.74, 6) is -1.57. The van der Waals surface area contributed by atoms with Crippen LogP contribution in [0.1, 0.15) is 6.42 Å². The number of hydrogen-bond acceptors (Lipinski definition) is 1. The van der Waals surface area contributed by atoms with Gasteiger partial charge in [0.25, 0.3) is 0 Å². The van der Waals surface area contributed by atoms with Crippen LogP contribution < -0.4 is 5.32 Å². The highest BCUT2D eigenvalue weighted by Gasteiger charge is 2.07. The minimum atomic E-state index is -0.672. The average molecular weight is 220 g/mol. The standard InChI is InChI=1S/C9H8ClF2NO/c10-4-3-9(14)13-8-5-6(11)1-2-7(8)12/h1-2,5H,3-4H2,(H,13,14). The van der Waals surface area contributed by atoms with E-state index < -0.39 is 17.5 Å². The Kier molecular flexibility index (Phi) is 3.83. The molecule has 0 aliphatic heterocycles. The van der Waals surface area contributed by atoms with Gasteiger partial charge in [-0.05, 0) is 12.1 Å². The molecule has 0 heterocycles. The van der Waals surface area contributed by atoms with Crippen molar-refractivity contribution >= 4 is 23.2 Å². The molecular weight excluding hydrogens is 212 g/mol. The Morgan fingerprint density at radius 3 is 2.79 bits per heavy atom. The Balaban J connectivity index is 2.75. The van der Waals surface area contributed by atoms with Crippen LogP contribution in [-0.2, 0) is 4.79 Å². The SMILES string of the molecule is O=C(CCCl)Nc1cc(F)ccc1F. The first kappa shape index (κ1) is 10.9. The maximum absolute atomic E-state index is 13.0. The smallest absolute Gasteiger partial charge is 0.225 e. The van der Waals surface area contributed by atoms with Gasteiger partial charge in [-0.1, -0.05) is 0 Å². The maximum Gasteiger partial charge on any atom is 0.225 e. The third kappa shape index (κ3) is 2.96. The van der Waals surface area contributed by atoms with E-state index in [9.17, 15) is 13.6 Å². The summed E-state index contributed by atoms with van der Waals surface area (Å²) >= 11 is 5.31. The fraction of sp³-hybridized carbons (Fsp3) is 0.222. The van der Waals surface area contributed by atoms with Crippen molar-refractivity contribution in [1.29, 1.82) is 0 Å². The van der Waals surface area contributed by atoms with Crippen LogP contribution in [0.15, 0.2) is 18.2 Å². The van der Waals surface area contributed by atoms with Crippen molar-refractivity contribution in [2.24, 2.45) is 0 Å². The number of carbonyl (C=O) groups excluding carboxylic acids is 1. The van der Waals surface area contributed by atoms with E-state index in [-0.39, 0.29) is 18.0 Å². The molecule has 5 heteroatoms. The topological polar surface area (TPSA) is 29.1 Å². The van der Waals surface area contributed by atoms with Crippen LogP contribution in [0, 0.1) is 11.6 Å². The molecule has 0 spiro atoms. The number of benzene rings is 1. The summed E-state index contributed by atoms with van der Waals surface area (Å²) in [4.78, 5) is 11.0. The van der Waals surface area contributed by atoms with Crippen LogP contribution >= 0.6 is 11.6 Å². The average Bonchev–Trinajstić information content (AvgIpc) is 2.12. The highest BCUT2D eigenvalue weighted by molar-refractivity contribution is 6.19. The first-order valence-corrected chi connectivity index (χ1v) is 4.48. The number of halogens is 3. The second kappa shape index (κ2) is 4.91. The number of amides is 1. The van der Waals surface area contributed by atoms with Gasteiger partial charge in [0, 0.05) is 18.4 Å². The van der Waals surface area contributed by atoms with Gasteiger partial charge in [0.2, 0.25) is 5.91 Å². The van der Waals surface area contributed by atoms with E-state index in [0.717, 1.165) is 18.2 Å². The van der Waals surface area contributed by atoms with E-state index in [0.29, 0.717) is 0 Å². The molecule has 1 amide bonds. The number of nitrogens with one attached hydrogen (secondary N) is 1. The summed E-state index contributed by atoms with van der Waals surface area (Å²) in [6, 6.07) is 2.85. The lowest BCUT2D eigenvalue weighted by atomic mass is 10.3. The van der Waals surface area contributed by atoms with Gasteiger partial charge in [0.05, 0.1) is 5.69 Å². The molecule has 1 rings (SSSR count). The Bertz CT molecular complexity index is 344. The van der Waals surface area contributed by atoms with Crippen molar-refractivity contribution in [3.8, 4) is 0 Å². The van der Waals surface area contributed by atoms with Gasteiger partial charge in [-0.15, -0.1) is 11.6 Å². The molecule has 76 valence electrons. The largest absolute Gasteiger partial charge is 0.323 e. The summed E-state index contributed by atoms with van der Waals surface area (Å²) in [6.45, 7) is 0. The van der Waals surface area contributed by atoms with Gasteiger partial charge in [-0.2, -0.15) is 0 Å². The molecular formula is C9H8ClF2NO. The predicted molar refractivity (Wildman–Crippen MR) is 50.3 cm³/mol. The van der Waals surface area contributed by atoms with Crippen LogP contribution in [0.4, 0.5) is 14.5 Å². The van der Waals surface area contributed by atoms with Gasteiger partial charge in [-0.3, -0.25) is 4.79 Å². The van der Waals surface area contributed by atoms with Crippen molar-refractivity contribution in [3.63, 3.8) is 0 Å². The molecule has 0 saturated carbocycles. The maximum atomic E-state index is 13.0. The first-order valence-electron chi connectivity index (χ1n) is 3.94. The summed E-state index contributed by atoms with van der Waals surface area (Å²) in [6.07, 6.45) is 0.0670. The van der Waals surface area contributed by atoms with Crippen molar-refractivity contribution in [1.82, 2.24) is 0 Å². The number of anilines is 1. The Morgan fingerprint density at radius 2 is 2.14 bits per heavy atom. The van der Waals surface area contributed by atoms with Gasteiger partial charge in [0.1, 0.15) is 11.6 Å². The Hall–Kier alpha value is -1.16. The van der Waals surface area contributed by atoms with Gasteiger partial charge >= 0.3 is 0 Å². The summed E-state index contributed by atoms with van der Waals surface area (Å²) in [7, 11) is 0. The zero-order valence-electron chi connectivity index (χ0n) is 7.19. The predicted octanol–water partition coefficient (Wildman–Crippen LogP) is 2.53. The van der Waals surface area contributed by atoms with Gasteiger partial charge < -0.3 is 5.32 Å². The normalized spacial score (nSPS) is 9.93. The third-order valence-corrected chi connectivity index (χ3v) is 1.71. The first-order chi connectivity index (χ1) is 6.63. The highest BCUT2D eigenvalue weighted by Crippen LogP contribution is 2.15. The third-order valence-electron chi connectivity index (χ3n) is 1.52. The molecule has 0 fully saturated rings. The molecule has 0 saturated heterocycles. The number of hydrogen-bond donors (Lipinski definition) is 1. The number of rotatable bonds is 3. The molecule has 1 N–H and O–H groups in total. The number of alkyl halides is 1. The van der Waals surface area contributed by atoms with Crippen molar-refractivity contribution in [2.45, 2.75) is 6.42 Å². The quantitative estimate of drug-likeness (QED) is 0.778. The van der Waals surface area contributed by atoms with Crippen molar-refractivity contribution in [3.05, 3.63) is 29.8 Å². The summed E-state index contributed by atoms with van der Waals surface area (Å²) in [5.41, 5.74) is -0.167. The lowest BCUT2D eigenvalue weighted by Crippen LogP contribution is -2.12. The van der Waals surface area contributed by atoms with E-state index in [1.165, 1.54) is 0 Å². The van der Waals surface area contributed by atoms with Crippen LogP contribution in [0.2, 0.25) is 0 Å². The molecule has 0 radical (unpaired) electrons. The Labute approximate surface area is 84.9 Å². The zero-order valence-corrected chi connectivity index (χ0v) is 7.94. The lowest BCUT2D eigenvalue weighted by molar-refractivity contribution is -0.115. The molecule has 0 aromatic heterocycles. The monoisotopic (exact) mass is 219 g/mol. The van der Waals surface area contributed by atoms with E-state index in [1.807, 2.05) is 0 Å². The fourth-order valence-electron chi connectivity index (χ4n) is 0.892. The zero-order chi connectivity index (χ0) is 10.6. The van der Waals surface area contributed by atoms with E-state index in [4.69, 9.17) is 11.6 Å². The molecule has 14 heavy (non-hydrogen) atoms. The van der Waals surface area contributed by atoms with Crippen molar-refractivity contribution in [2.75, 3.05) is 11.2 Å². The summed E-state index contributed by atoms with van der Waals surface area (Å²) < 4.78 is 25.6. The molecule has 0 bridgehead atoms. The highest BCUT2D eigenvalue weighted by atomic mass is 35.5. The van der Waals surface area contributed by atoms with Crippen LogP contribution in [0.5, 0.6) is 0 Å². The molecule has 1 aromatic carbocycles. The van der Waals surface area contributed by atoms with E-state index >= 15 is 0 Å². The van der Waals surface area contributed by atoms with Crippen molar-refractivity contribution < 1.29 is 13.6 Å². The van der Waals surface area contributed by atoms with Crippen LogP contribution in [0.3, 0.4) is 0 Å². The minimum Gasteiger partial charge on any atom is -0.323 e. The second-order valence-electron chi connectivity index (χ2n) is 2.61. The van der Waals surface area contributed by atoms with Crippen LogP contribution in [-0.4, -0.2) is 11.8 Å². The molecule has 0 aliphatic rings. The molecule has 1 aromatic rings. The molecule has 0 unspecified atom stereocenters. The molecule has 0 atom stereocenters.